The molecule has 1 aromatic carbocycles. The molecule has 1 saturated heterocycles. The third-order valence-corrected chi connectivity index (χ3v) is 4.50. The molecule has 1 aromatic rings. The maximum atomic E-state index is 12.2. The topological polar surface area (TPSA) is 46.2 Å². The second-order valence-electron chi connectivity index (χ2n) is 6.07. The van der Waals surface area contributed by atoms with Gasteiger partial charge in [-0.15, -0.1) is 0 Å². The lowest BCUT2D eigenvalue weighted by molar-refractivity contribution is -0.126. The number of carbonyl (C=O) groups excluding carboxylic acids is 2. The molecule has 1 unspecified atom stereocenters. The van der Waals surface area contributed by atoms with Gasteiger partial charge < -0.3 is 0 Å². The first-order chi connectivity index (χ1) is 8.46. The summed E-state index contributed by atoms with van der Waals surface area (Å²) in [6, 6.07) is 8.06. The molecule has 1 atom stereocenters. The predicted molar refractivity (Wildman–Crippen MR) is 68.1 cm³/mol. The van der Waals surface area contributed by atoms with Crippen LogP contribution < -0.4 is 5.32 Å². The van der Waals surface area contributed by atoms with Crippen molar-refractivity contribution >= 4 is 11.8 Å². The minimum atomic E-state index is -0.608. The van der Waals surface area contributed by atoms with E-state index in [4.69, 9.17) is 0 Å². The highest BCUT2D eigenvalue weighted by Gasteiger charge is 2.52. The van der Waals surface area contributed by atoms with E-state index in [1.807, 2.05) is 18.2 Å². The summed E-state index contributed by atoms with van der Waals surface area (Å²) in [6.45, 7) is 4.40. The van der Waals surface area contributed by atoms with Crippen LogP contribution in [0.3, 0.4) is 0 Å². The quantitative estimate of drug-likeness (QED) is 0.709. The van der Waals surface area contributed by atoms with Crippen LogP contribution >= 0.6 is 0 Å². The van der Waals surface area contributed by atoms with E-state index >= 15 is 0 Å². The highest BCUT2D eigenvalue weighted by molar-refractivity contribution is 6.09. The van der Waals surface area contributed by atoms with Gasteiger partial charge in [-0.1, -0.05) is 38.1 Å². The zero-order valence-corrected chi connectivity index (χ0v) is 10.7. The van der Waals surface area contributed by atoms with Crippen molar-refractivity contribution in [2.45, 2.75) is 43.9 Å². The van der Waals surface area contributed by atoms with E-state index in [0.29, 0.717) is 6.42 Å². The highest BCUT2D eigenvalue weighted by Crippen LogP contribution is 2.49. The van der Waals surface area contributed by atoms with Crippen molar-refractivity contribution in [3.8, 4) is 0 Å². The largest absolute Gasteiger partial charge is 0.296 e. The SMILES string of the molecule is CC1(C)CCC2(CC(=O)NC2=O)c2ccccc21. The molecule has 18 heavy (non-hydrogen) atoms. The first kappa shape index (κ1) is 11.5. The van der Waals surface area contributed by atoms with E-state index in [-0.39, 0.29) is 17.2 Å². The first-order valence-electron chi connectivity index (χ1n) is 6.40. The number of hydrogen-bond acceptors (Lipinski definition) is 2. The van der Waals surface area contributed by atoms with Crippen LogP contribution in [-0.2, 0) is 20.4 Å². The second-order valence-corrected chi connectivity index (χ2v) is 6.07. The summed E-state index contributed by atoms with van der Waals surface area (Å²) < 4.78 is 0. The summed E-state index contributed by atoms with van der Waals surface area (Å²) in [7, 11) is 0. The molecule has 0 saturated carbocycles. The fourth-order valence-corrected chi connectivity index (χ4v) is 3.35. The molecule has 1 aliphatic carbocycles. The number of amides is 2. The van der Waals surface area contributed by atoms with Gasteiger partial charge in [-0.05, 0) is 29.4 Å². The summed E-state index contributed by atoms with van der Waals surface area (Å²) in [4.78, 5) is 23.8. The number of fused-ring (bicyclic) bond motifs is 2. The van der Waals surface area contributed by atoms with Crippen LogP contribution in [0.4, 0.5) is 0 Å². The van der Waals surface area contributed by atoms with E-state index in [1.165, 1.54) is 5.56 Å². The standard InChI is InChI=1S/C15H17NO2/c1-14(2)7-8-15(9-12(17)16-13(15)18)11-6-4-3-5-10(11)14/h3-6H,7-9H2,1-2H3,(H,16,17,18). The third-order valence-electron chi connectivity index (χ3n) is 4.50. The van der Waals surface area contributed by atoms with E-state index in [1.54, 1.807) is 0 Å². The van der Waals surface area contributed by atoms with Crippen molar-refractivity contribution < 1.29 is 9.59 Å². The fourth-order valence-electron chi connectivity index (χ4n) is 3.35. The molecule has 0 bridgehead atoms. The Bertz CT molecular complexity index is 547. The normalized spacial score (nSPS) is 29.2. The number of carbonyl (C=O) groups is 2. The molecule has 2 aliphatic rings. The van der Waals surface area contributed by atoms with Gasteiger partial charge in [0.2, 0.25) is 11.8 Å². The maximum absolute atomic E-state index is 12.2. The van der Waals surface area contributed by atoms with Gasteiger partial charge in [0.25, 0.3) is 0 Å². The zero-order valence-electron chi connectivity index (χ0n) is 10.7. The molecule has 3 rings (SSSR count). The second kappa shape index (κ2) is 3.44. The van der Waals surface area contributed by atoms with Gasteiger partial charge in [-0.2, -0.15) is 0 Å². The van der Waals surface area contributed by atoms with Gasteiger partial charge in [-0.25, -0.2) is 0 Å². The van der Waals surface area contributed by atoms with Crippen LogP contribution in [-0.4, -0.2) is 11.8 Å². The lowest BCUT2D eigenvalue weighted by atomic mass is 9.61. The van der Waals surface area contributed by atoms with Crippen molar-refractivity contribution in [3.05, 3.63) is 35.4 Å². The number of benzene rings is 1. The number of hydrogen-bond donors (Lipinski definition) is 1. The summed E-state index contributed by atoms with van der Waals surface area (Å²) in [5.74, 6) is -0.259. The van der Waals surface area contributed by atoms with E-state index in [9.17, 15) is 9.59 Å². The molecule has 0 aromatic heterocycles. The molecular weight excluding hydrogens is 226 g/mol. The molecular formula is C15H17NO2. The van der Waals surface area contributed by atoms with Crippen LogP contribution in [0.1, 0.15) is 44.2 Å². The van der Waals surface area contributed by atoms with Crippen molar-refractivity contribution in [3.63, 3.8) is 0 Å². The minimum absolute atomic E-state index is 0.0771. The summed E-state index contributed by atoms with van der Waals surface area (Å²) in [6.07, 6.45) is 2.00. The molecule has 94 valence electrons. The van der Waals surface area contributed by atoms with Crippen LogP contribution in [0.15, 0.2) is 24.3 Å². The van der Waals surface area contributed by atoms with Gasteiger partial charge in [0.05, 0.1) is 5.41 Å². The van der Waals surface area contributed by atoms with E-state index in [0.717, 1.165) is 18.4 Å². The Morgan fingerprint density at radius 2 is 1.72 bits per heavy atom. The average Bonchev–Trinajstić information content (AvgIpc) is 2.61. The molecule has 1 aliphatic heterocycles. The summed E-state index contributed by atoms with van der Waals surface area (Å²) >= 11 is 0. The Kier molecular flexibility index (Phi) is 2.19. The Morgan fingerprint density at radius 3 is 2.33 bits per heavy atom. The first-order valence-corrected chi connectivity index (χ1v) is 6.40. The van der Waals surface area contributed by atoms with Crippen LogP contribution in [0.2, 0.25) is 0 Å². The van der Waals surface area contributed by atoms with Crippen LogP contribution in [0.25, 0.3) is 0 Å². The van der Waals surface area contributed by atoms with Gasteiger partial charge in [0.1, 0.15) is 0 Å². The van der Waals surface area contributed by atoms with Crippen molar-refractivity contribution in [2.75, 3.05) is 0 Å². The van der Waals surface area contributed by atoms with Gasteiger partial charge >= 0.3 is 0 Å². The minimum Gasteiger partial charge on any atom is -0.296 e. The number of imide groups is 1. The molecule has 3 heteroatoms. The van der Waals surface area contributed by atoms with Gasteiger partial charge in [-0.3, -0.25) is 14.9 Å². The Balaban J connectivity index is 2.22. The monoisotopic (exact) mass is 243 g/mol. The predicted octanol–water partition coefficient (Wildman–Crippen LogP) is 2.04. The third kappa shape index (κ3) is 1.36. The van der Waals surface area contributed by atoms with Crippen LogP contribution in [0.5, 0.6) is 0 Å². The van der Waals surface area contributed by atoms with Crippen molar-refractivity contribution in [1.82, 2.24) is 5.32 Å². The van der Waals surface area contributed by atoms with Crippen molar-refractivity contribution in [1.29, 1.82) is 0 Å². The molecule has 1 spiro atoms. The highest BCUT2D eigenvalue weighted by atomic mass is 16.2. The lowest BCUT2D eigenvalue weighted by Crippen LogP contribution is -2.42. The molecule has 1 N–H and O–H groups in total. The molecule has 2 amide bonds. The number of rotatable bonds is 0. The molecule has 3 nitrogen and oxygen atoms in total. The van der Waals surface area contributed by atoms with Crippen LogP contribution in [0, 0.1) is 0 Å². The average molecular weight is 243 g/mol. The fraction of sp³-hybridized carbons (Fsp3) is 0.467. The lowest BCUT2D eigenvalue weighted by Gasteiger charge is -2.41. The number of nitrogens with one attached hydrogen (secondary N) is 1. The summed E-state index contributed by atoms with van der Waals surface area (Å²) in [5.41, 5.74) is 1.72. The Labute approximate surface area is 107 Å². The summed E-state index contributed by atoms with van der Waals surface area (Å²) in [5, 5.41) is 2.47. The van der Waals surface area contributed by atoms with Crippen molar-refractivity contribution in [2.24, 2.45) is 0 Å². The maximum Gasteiger partial charge on any atom is 0.237 e. The van der Waals surface area contributed by atoms with E-state index in [2.05, 4.69) is 25.2 Å². The molecule has 1 heterocycles. The van der Waals surface area contributed by atoms with E-state index < -0.39 is 5.41 Å². The zero-order chi connectivity index (χ0) is 13.0. The molecule has 1 fully saturated rings. The smallest absolute Gasteiger partial charge is 0.237 e. The van der Waals surface area contributed by atoms with Gasteiger partial charge in [0, 0.05) is 6.42 Å². The molecule has 0 radical (unpaired) electrons. The van der Waals surface area contributed by atoms with Gasteiger partial charge in [0.15, 0.2) is 0 Å². The Morgan fingerprint density at radius 1 is 1.06 bits per heavy atom. The Hall–Kier alpha value is -1.64.